The first-order chi connectivity index (χ1) is 8.16. The molecule has 0 radical (unpaired) electrons. The summed E-state index contributed by atoms with van der Waals surface area (Å²) in [7, 11) is 0. The topological polar surface area (TPSA) is 94.0 Å². The summed E-state index contributed by atoms with van der Waals surface area (Å²) in [5.74, 6) is 0.209. The highest BCUT2D eigenvalue weighted by Gasteiger charge is 2.35. The minimum atomic E-state index is -0.529. The van der Waals surface area contributed by atoms with Crippen LogP contribution in [0.2, 0.25) is 0 Å². The van der Waals surface area contributed by atoms with Gasteiger partial charge in [0.25, 0.3) is 5.91 Å². The third-order valence-electron chi connectivity index (χ3n) is 3.50. The van der Waals surface area contributed by atoms with Crippen LogP contribution in [-0.4, -0.2) is 32.1 Å². The van der Waals surface area contributed by atoms with Crippen LogP contribution in [0.5, 0.6) is 0 Å². The van der Waals surface area contributed by atoms with Gasteiger partial charge in [0.05, 0.1) is 18.3 Å². The molecule has 0 bridgehead atoms. The number of hydrogen-bond donors (Lipinski definition) is 2. The van der Waals surface area contributed by atoms with Crippen molar-refractivity contribution in [2.24, 2.45) is 11.7 Å². The maximum Gasteiger partial charge on any atom is 0.271 e. The van der Waals surface area contributed by atoms with Gasteiger partial charge in [0.1, 0.15) is 0 Å². The third-order valence-corrected chi connectivity index (χ3v) is 3.50. The van der Waals surface area contributed by atoms with Crippen LogP contribution in [0.25, 0.3) is 0 Å². The number of aliphatic hydroxyl groups excluding tert-OH is 1. The van der Waals surface area contributed by atoms with Crippen LogP contribution in [-0.2, 0) is 6.54 Å². The van der Waals surface area contributed by atoms with Gasteiger partial charge in [0.15, 0.2) is 5.69 Å². The Morgan fingerprint density at radius 3 is 2.71 bits per heavy atom. The molecule has 2 saturated carbocycles. The van der Waals surface area contributed by atoms with E-state index in [4.69, 9.17) is 5.73 Å². The Balaban J connectivity index is 1.84. The molecule has 2 aliphatic carbocycles. The molecule has 3 N–H and O–H groups in total. The zero-order valence-electron chi connectivity index (χ0n) is 9.54. The first-order valence-electron chi connectivity index (χ1n) is 6.08. The van der Waals surface area contributed by atoms with E-state index in [1.54, 1.807) is 4.68 Å². The van der Waals surface area contributed by atoms with Crippen LogP contribution >= 0.6 is 0 Å². The summed E-state index contributed by atoms with van der Waals surface area (Å²) in [6, 6.07) is 0. The van der Waals surface area contributed by atoms with E-state index in [0.717, 1.165) is 31.4 Å². The van der Waals surface area contributed by atoms with Crippen LogP contribution in [0, 0.1) is 5.92 Å². The Labute approximate surface area is 98.8 Å². The summed E-state index contributed by atoms with van der Waals surface area (Å²) in [6.07, 6.45) is 3.88. The first-order valence-corrected chi connectivity index (χ1v) is 6.08. The number of carbonyl (C=O) groups excluding carboxylic acids is 1. The highest BCUT2D eigenvalue weighted by molar-refractivity contribution is 5.92. The minimum Gasteiger partial charge on any atom is -0.391 e. The van der Waals surface area contributed by atoms with Crippen LogP contribution in [0.3, 0.4) is 0 Å². The summed E-state index contributed by atoms with van der Waals surface area (Å²) in [5, 5.41) is 17.7. The lowest BCUT2D eigenvalue weighted by Crippen LogP contribution is -2.21. The van der Waals surface area contributed by atoms with Crippen molar-refractivity contribution in [1.29, 1.82) is 0 Å². The largest absolute Gasteiger partial charge is 0.391 e. The van der Waals surface area contributed by atoms with Gasteiger partial charge in [0, 0.05) is 5.92 Å². The molecule has 2 fully saturated rings. The predicted molar refractivity (Wildman–Crippen MR) is 59.2 cm³/mol. The Morgan fingerprint density at radius 2 is 2.18 bits per heavy atom. The Bertz CT molecular complexity index is 448. The van der Waals surface area contributed by atoms with Gasteiger partial charge >= 0.3 is 0 Å². The number of nitrogens with zero attached hydrogens (tertiary/aromatic N) is 3. The number of nitrogens with two attached hydrogens (primary N) is 1. The smallest absolute Gasteiger partial charge is 0.271 e. The molecule has 1 aromatic rings. The van der Waals surface area contributed by atoms with E-state index in [1.165, 1.54) is 0 Å². The summed E-state index contributed by atoms with van der Waals surface area (Å²) in [6.45, 7) is 0.427. The molecule has 1 amide bonds. The van der Waals surface area contributed by atoms with Crippen LogP contribution in [0.4, 0.5) is 0 Å². The summed E-state index contributed by atoms with van der Waals surface area (Å²) < 4.78 is 1.67. The molecule has 1 heterocycles. The van der Waals surface area contributed by atoms with Gasteiger partial charge in [-0.2, -0.15) is 0 Å². The number of amides is 1. The normalized spacial score (nSPS) is 21.5. The van der Waals surface area contributed by atoms with Gasteiger partial charge < -0.3 is 10.8 Å². The van der Waals surface area contributed by atoms with Gasteiger partial charge in [-0.3, -0.25) is 4.79 Å². The zero-order valence-corrected chi connectivity index (χ0v) is 9.54. The standard InChI is InChI=1S/C11H16N4O2/c12-11(17)9-10(7-3-4-7)15(14-13-9)5-8(16)6-1-2-6/h6-8,16H,1-5H2,(H2,12,17). The minimum absolute atomic E-state index is 0.274. The lowest BCUT2D eigenvalue weighted by molar-refractivity contribution is 0.0993. The van der Waals surface area contributed by atoms with Crippen molar-refractivity contribution < 1.29 is 9.90 Å². The van der Waals surface area contributed by atoms with Crippen LogP contribution in [0.1, 0.15) is 47.8 Å². The summed E-state index contributed by atoms with van der Waals surface area (Å²) in [5.41, 5.74) is 6.37. The molecule has 0 aliphatic heterocycles. The van der Waals surface area contributed by atoms with Crippen molar-refractivity contribution in [3.63, 3.8) is 0 Å². The molecule has 1 aromatic heterocycles. The van der Waals surface area contributed by atoms with Crippen molar-refractivity contribution >= 4 is 5.91 Å². The van der Waals surface area contributed by atoms with Gasteiger partial charge in [-0.05, 0) is 31.6 Å². The van der Waals surface area contributed by atoms with Crippen LogP contribution in [0.15, 0.2) is 0 Å². The fourth-order valence-electron chi connectivity index (χ4n) is 2.20. The predicted octanol–water partition coefficient (Wildman–Crippen LogP) is 0.0253. The molecule has 0 spiro atoms. The number of carbonyl (C=O) groups is 1. The molecular formula is C11H16N4O2. The Morgan fingerprint density at radius 1 is 1.47 bits per heavy atom. The number of aliphatic hydroxyl groups is 1. The molecule has 17 heavy (non-hydrogen) atoms. The molecule has 1 atom stereocenters. The SMILES string of the molecule is NC(=O)c1nnn(CC(O)C2CC2)c1C1CC1. The molecular weight excluding hydrogens is 220 g/mol. The lowest BCUT2D eigenvalue weighted by atomic mass is 10.2. The fourth-order valence-corrected chi connectivity index (χ4v) is 2.20. The van der Waals surface area contributed by atoms with Gasteiger partial charge in [-0.25, -0.2) is 4.68 Å². The average Bonchev–Trinajstić information content (AvgIpc) is 3.16. The quantitative estimate of drug-likeness (QED) is 0.753. The maximum absolute atomic E-state index is 11.2. The van der Waals surface area contributed by atoms with Crippen molar-refractivity contribution in [2.75, 3.05) is 0 Å². The van der Waals surface area contributed by atoms with Gasteiger partial charge in [-0.1, -0.05) is 5.21 Å². The summed E-state index contributed by atoms with van der Waals surface area (Å²) in [4.78, 5) is 11.2. The number of rotatable bonds is 5. The second kappa shape index (κ2) is 3.80. The van der Waals surface area contributed by atoms with E-state index in [0.29, 0.717) is 18.4 Å². The van der Waals surface area contributed by atoms with E-state index in [1.807, 2.05) is 0 Å². The highest BCUT2D eigenvalue weighted by atomic mass is 16.3. The van der Waals surface area contributed by atoms with Crippen molar-refractivity contribution in [3.05, 3.63) is 11.4 Å². The molecule has 3 rings (SSSR count). The van der Waals surface area contributed by atoms with E-state index in [2.05, 4.69) is 10.3 Å². The average molecular weight is 236 g/mol. The Hall–Kier alpha value is -1.43. The molecule has 6 nitrogen and oxygen atoms in total. The van der Waals surface area contributed by atoms with Crippen molar-refractivity contribution in [2.45, 2.75) is 44.2 Å². The van der Waals surface area contributed by atoms with Crippen molar-refractivity contribution in [1.82, 2.24) is 15.0 Å². The van der Waals surface area contributed by atoms with Crippen molar-refractivity contribution in [3.8, 4) is 0 Å². The number of aromatic nitrogens is 3. The van der Waals surface area contributed by atoms with E-state index < -0.39 is 5.91 Å². The number of hydrogen-bond acceptors (Lipinski definition) is 4. The van der Waals surface area contributed by atoms with E-state index in [-0.39, 0.29) is 11.8 Å². The molecule has 6 heteroatoms. The molecule has 0 saturated heterocycles. The van der Waals surface area contributed by atoms with E-state index in [9.17, 15) is 9.90 Å². The molecule has 1 unspecified atom stereocenters. The fraction of sp³-hybridized carbons (Fsp3) is 0.727. The van der Waals surface area contributed by atoms with E-state index >= 15 is 0 Å². The monoisotopic (exact) mass is 236 g/mol. The summed E-state index contributed by atoms with van der Waals surface area (Å²) >= 11 is 0. The first kappa shape index (κ1) is 10.7. The maximum atomic E-state index is 11.2. The Kier molecular flexibility index (Phi) is 2.39. The number of primary amides is 1. The molecule has 0 aromatic carbocycles. The lowest BCUT2D eigenvalue weighted by Gasteiger charge is -2.11. The van der Waals surface area contributed by atoms with Gasteiger partial charge in [0.2, 0.25) is 0 Å². The van der Waals surface area contributed by atoms with Gasteiger partial charge in [-0.15, -0.1) is 5.10 Å². The van der Waals surface area contributed by atoms with Crippen LogP contribution < -0.4 is 5.73 Å². The zero-order chi connectivity index (χ0) is 12.0. The second-order valence-corrected chi connectivity index (χ2v) is 5.05. The third kappa shape index (κ3) is 2.04. The highest BCUT2D eigenvalue weighted by Crippen LogP contribution is 2.41. The molecule has 92 valence electrons. The molecule has 2 aliphatic rings. The second-order valence-electron chi connectivity index (χ2n) is 5.05.